The van der Waals surface area contributed by atoms with Crippen LogP contribution in [0.25, 0.3) is 0 Å². The number of thiophene rings is 1. The first kappa shape index (κ1) is 14.5. The zero-order valence-electron chi connectivity index (χ0n) is 11.3. The van der Waals surface area contributed by atoms with E-state index in [9.17, 15) is 0 Å². The van der Waals surface area contributed by atoms with Crippen LogP contribution < -0.4 is 5.73 Å². The van der Waals surface area contributed by atoms with E-state index in [1.807, 2.05) is 6.07 Å². The Bertz CT molecular complexity index is 538. The van der Waals surface area contributed by atoms with E-state index < -0.39 is 0 Å². The topological polar surface area (TPSA) is 29.3 Å². The van der Waals surface area contributed by atoms with Gasteiger partial charge in [-0.05, 0) is 37.2 Å². The second-order valence-electron chi connectivity index (χ2n) is 4.73. The minimum absolute atomic E-state index is 0.238. The van der Waals surface area contributed by atoms with Gasteiger partial charge in [0.05, 0.1) is 4.34 Å². The molecule has 1 aromatic carbocycles. The van der Waals surface area contributed by atoms with Crippen molar-refractivity contribution in [3.63, 3.8) is 0 Å². The maximum absolute atomic E-state index is 5.97. The molecule has 0 saturated heterocycles. The molecule has 2 aromatic rings. The largest absolute Gasteiger partial charge is 0.329 e. The lowest BCUT2D eigenvalue weighted by molar-refractivity contribution is 0.243. The zero-order valence-corrected chi connectivity index (χ0v) is 12.8. The van der Waals surface area contributed by atoms with Gasteiger partial charge in [0, 0.05) is 24.0 Å². The van der Waals surface area contributed by atoms with Gasteiger partial charge in [0.1, 0.15) is 0 Å². The molecule has 2 nitrogen and oxygen atoms in total. The number of nitrogens with zero attached hydrogens (tertiary/aromatic N) is 1. The molecule has 2 N–H and O–H groups in total. The van der Waals surface area contributed by atoms with Crippen molar-refractivity contribution in [2.24, 2.45) is 5.73 Å². The quantitative estimate of drug-likeness (QED) is 0.908. The molecule has 1 unspecified atom stereocenters. The first-order valence-electron chi connectivity index (χ1n) is 6.32. The molecule has 0 fully saturated rings. The van der Waals surface area contributed by atoms with Crippen LogP contribution in [0.4, 0.5) is 0 Å². The van der Waals surface area contributed by atoms with Crippen molar-refractivity contribution >= 4 is 22.9 Å². The van der Waals surface area contributed by atoms with E-state index in [2.05, 4.69) is 49.2 Å². The van der Waals surface area contributed by atoms with Crippen molar-refractivity contribution in [3.05, 3.63) is 56.7 Å². The minimum Gasteiger partial charge on any atom is -0.329 e. The van der Waals surface area contributed by atoms with Crippen LogP contribution in [0.5, 0.6) is 0 Å². The van der Waals surface area contributed by atoms with Crippen LogP contribution in [0.1, 0.15) is 22.0 Å². The molecule has 1 heterocycles. The number of likely N-dealkylation sites (N-methyl/N-ethyl adjacent to an activating group) is 1. The maximum atomic E-state index is 5.97. The van der Waals surface area contributed by atoms with E-state index in [-0.39, 0.29) is 6.04 Å². The van der Waals surface area contributed by atoms with Gasteiger partial charge in [-0.1, -0.05) is 35.9 Å². The predicted molar refractivity (Wildman–Crippen MR) is 83.8 cm³/mol. The van der Waals surface area contributed by atoms with Gasteiger partial charge in [0.2, 0.25) is 0 Å². The number of halogens is 1. The zero-order chi connectivity index (χ0) is 13.8. The van der Waals surface area contributed by atoms with Crippen LogP contribution in [0.3, 0.4) is 0 Å². The van der Waals surface area contributed by atoms with Gasteiger partial charge in [0.15, 0.2) is 0 Å². The molecule has 4 heteroatoms. The van der Waals surface area contributed by atoms with Crippen LogP contribution in [-0.2, 0) is 6.54 Å². The molecule has 1 atom stereocenters. The SMILES string of the molecule is Cc1ccccc1C(CN)N(C)Cc1ccc(Cl)s1. The van der Waals surface area contributed by atoms with Crippen LogP contribution >= 0.6 is 22.9 Å². The fraction of sp³-hybridized carbons (Fsp3) is 0.333. The van der Waals surface area contributed by atoms with Gasteiger partial charge < -0.3 is 5.73 Å². The van der Waals surface area contributed by atoms with Crippen LogP contribution in [0.2, 0.25) is 4.34 Å². The fourth-order valence-corrected chi connectivity index (χ4v) is 3.45. The van der Waals surface area contributed by atoms with E-state index >= 15 is 0 Å². The van der Waals surface area contributed by atoms with Crippen LogP contribution in [0, 0.1) is 6.92 Å². The van der Waals surface area contributed by atoms with E-state index in [0.717, 1.165) is 10.9 Å². The summed E-state index contributed by atoms with van der Waals surface area (Å²) in [5.74, 6) is 0. The Morgan fingerprint density at radius 3 is 2.58 bits per heavy atom. The number of hydrogen-bond acceptors (Lipinski definition) is 3. The molecular weight excluding hydrogens is 276 g/mol. The molecule has 0 saturated carbocycles. The molecule has 0 aliphatic carbocycles. The lowest BCUT2D eigenvalue weighted by Crippen LogP contribution is -2.30. The molecular formula is C15H19ClN2S. The van der Waals surface area contributed by atoms with Crippen molar-refractivity contribution in [1.82, 2.24) is 4.90 Å². The van der Waals surface area contributed by atoms with E-state index in [1.165, 1.54) is 16.0 Å². The van der Waals surface area contributed by atoms with Crippen LogP contribution in [0.15, 0.2) is 36.4 Å². The second kappa shape index (κ2) is 6.53. The Kier molecular flexibility index (Phi) is 4.99. The molecule has 0 aliphatic heterocycles. The highest BCUT2D eigenvalue weighted by Crippen LogP contribution is 2.27. The Balaban J connectivity index is 2.15. The van der Waals surface area contributed by atoms with Crippen LogP contribution in [-0.4, -0.2) is 18.5 Å². The van der Waals surface area contributed by atoms with Crippen molar-refractivity contribution < 1.29 is 0 Å². The third kappa shape index (κ3) is 3.57. The first-order chi connectivity index (χ1) is 9.11. The van der Waals surface area contributed by atoms with E-state index in [4.69, 9.17) is 17.3 Å². The van der Waals surface area contributed by atoms with Gasteiger partial charge in [-0.25, -0.2) is 0 Å². The third-order valence-corrected chi connectivity index (χ3v) is 4.55. The number of rotatable bonds is 5. The molecule has 0 aliphatic rings. The highest BCUT2D eigenvalue weighted by Gasteiger charge is 2.17. The standard InChI is InChI=1S/C15H19ClN2S/c1-11-5-3-4-6-13(11)14(9-17)18(2)10-12-7-8-15(16)19-12/h3-8,14H,9-10,17H2,1-2H3. The van der Waals surface area contributed by atoms with E-state index in [1.54, 1.807) is 11.3 Å². The summed E-state index contributed by atoms with van der Waals surface area (Å²) in [6.07, 6.45) is 0. The lowest BCUT2D eigenvalue weighted by Gasteiger charge is -2.28. The molecule has 102 valence electrons. The van der Waals surface area contributed by atoms with Gasteiger partial charge in [-0.15, -0.1) is 11.3 Å². The van der Waals surface area contributed by atoms with Gasteiger partial charge in [-0.3, -0.25) is 4.90 Å². The maximum Gasteiger partial charge on any atom is 0.0931 e. The molecule has 2 rings (SSSR count). The normalized spacial score (nSPS) is 12.9. The Morgan fingerprint density at radius 1 is 1.26 bits per heavy atom. The average Bonchev–Trinajstić information content (AvgIpc) is 2.78. The molecule has 19 heavy (non-hydrogen) atoms. The monoisotopic (exact) mass is 294 g/mol. The molecule has 1 aromatic heterocycles. The average molecular weight is 295 g/mol. The summed E-state index contributed by atoms with van der Waals surface area (Å²) in [5.41, 5.74) is 8.56. The third-order valence-electron chi connectivity index (χ3n) is 3.34. The Labute approximate surface area is 123 Å². The smallest absolute Gasteiger partial charge is 0.0931 e. The van der Waals surface area contributed by atoms with Crippen molar-refractivity contribution in [3.8, 4) is 0 Å². The van der Waals surface area contributed by atoms with E-state index in [0.29, 0.717) is 6.54 Å². The highest BCUT2D eigenvalue weighted by atomic mass is 35.5. The summed E-state index contributed by atoms with van der Waals surface area (Å²) in [6.45, 7) is 3.61. The summed E-state index contributed by atoms with van der Waals surface area (Å²) in [5, 5.41) is 0. The lowest BCUT2D eigenvalue weighted by atomic mass is 10.0. The summed E-state index contributed by atoms with van der Waals surface area (Å²) in [4.78, 5) is 3.55. The number of nitrogens with two attached hydrogens (primary N) is 1. The first-order valence-corrected chi connectivity index (χ1v) is 7.51. The predicted octanol–water partition coefficient (Wildman–Crippen LogP) is 3.84. The Morgan fingerprint density at radius 2 is 2.00 bits per heavy atom. The highest BCUT2D eigenvalue weighted by molar-refractivity contribution is 7.16. The number of aryl methyl sites for hydroxylation is 1. The minimum atomic E-state index is 0.238. The van der Waals surface area contributed by atoms with Crippen molar-refractivity contribution in [2.45, 2.75) is 19.5 Å². The fourth-order valence-electron chi connectivity index (χ4n) is 2.30. The van der Waals surface area contributed by atoms with Gasteiger partial charge in [-0.2, -0.15) is 0 Å². The molecule has 0 spiro atoms. The second-order valence-corrected chi connectivity index (χ2v) is 6.53. The summed E-state index contributed by atoms with van der Waals surface area (Å²) in [6, 6.07) is 12.7. The van der Waals surface area contributed by atoms with Gasteiger partial charge >= 0.3 is 0 Å². The summed E-state index contributed by atoms with van der Waals surface area (Å²) < 4.78 is 0.837. The number of hydrogen-bond donors (Lipinski definition) is 1. The molecule has 0 bridgehead atoms. The number of benzene rings is 1. The summed E-state index contributed by atoms with van der Waals surface area (Å²) >= 11 is 7.60. The Hall–Kier alpha value is -0.870. The van der Waals surface area contributed by atoms with Crippen molar-refractivity contribution in [2.75, 3.05) is 13.6 Å². The molecule has 0 amide bonds. The molecule has 0 radical (unpaired) electrons. The van der Waals surface area contributed by atoms with Gasteiger partial charge in [0.25, 0.3) is 0 Å². The summed E-state index contributed by atoms with van der Waals surface area (Å²) in [7, 11) is 2.11. The van der Waals surface area contributed by atoms with Crippen molar-refractivity contribution in [1.29, 1.82) is 0 Å².